The Bertz CT molecular complexity index is 2190. The minimum absolute atomic E-state index is 0. The average Bonchev–Trinajstić information content (AvgIpc) is 3.52. The zero-order chi connectivity index (χ0) is 60.9. The van der Waals surface area contributed by atoms with E-state index >= 15 is 0 Å². The van der Waals surface area contributed by atoms with Gasteiger partial charge in [0.2, 0.25) is 0 Å². The number of ether oxygens (including phenoxy) is 3. The summed E-state index contributed by atoms with van der Waals surface area (Å²) in [4.78, 5) is 37.8. The van der Waals surface area contributed by atoms with Crippen LogP contribution in [0, 0.1) is 0 Å². The van der Waals surface area contributed by atoms with Crippen LogP contribution >= 0.6 is 15.9 Å². The number of methoxy groups -OCH3 is 3. The van der Waals surface area contributed by atoms with Gasteiger partial charge >= 0.3 is 43.9 Å². The summed E-state index contributed by atoms with van der Waals surface area (Å²) in [6.07, 6.45) is 0. The number of carbonyl (C=O) groups is 4. The molecule has 6 N–H and O–H groups in total. The first-order valence-corrected chi connectivity index (χ1v) is 26.7. The van der Waals surface area contributed by atoms with E-state index in [0.29, 0.717) is 5.46 Å². The summed E-state index contributed by atoms with van der Waals surface area (Å²) in [7, 11) is 2.71. The first-order chi connectivity index (χ1) is 38.1. The number of benzene rings is 8. The van der Waals surface area contributed by atoms with Gasteiger partial charge in [-0.1, -0.05) is 302 Å². The molecule has 0 heterocycles. The molecule has 0 bridgehead atoms. The van der Waals surface area contributed by atoms with Gasteiger partial charge in [-0.05, 0) is 51.0 Å². The van der Waals surface area contributed by atoms with E-state index in [1.165, 1.54) is 75.5 Å². The maximum Gasteiger partial charge on any atom is 1.00 e. The molecular formula is C67H91BBrLiO12. The second-order valence-electron chi connectivity index (χ2n) is 13.9. The fraction of sp³-hybridized carbons (Fsp3) is 0.224. The first kappa shape index (κ1) is 91.1. The molecule has 82 heavy (non-hydrogen) atoms. The second kappa shape index (κ2) is 69.7. The minimum atomic E-state index is -1.34. The Morgan fingerprint density at radius 2 is 0.463 bits per heavy atom. The van der Waals surface area contributed by atoms with Gasteiger partial charge in [0.25, 0.3) is 5.97 Å². The van der Waals surface area contributed by atoms with E-state index in [1.54, 1.807) is 24.3 Å². The van der Waals surface area contributed by atoms with E-state index in [0.717, 1.165) is 11.4 Å². The van der Waals surface area contributed by atoms with Crippen LogP contribution in [0.15, 0.2) is 247 Å². The van der Waals surface area contributed by atoms with Gasteiger partial charge in [0, 0.05) is 32.2 Å². The molecule has 0 unspecified atom stereocenters. The molecule has 0 aliphatic rings. The number of esters is 3. The summed E-state index contributed by atoms with van der Waals surface area (Å²) in [6.45, 7) is 21.2. The fourth-order valence-electron chi connectivity index (χ4n) is 4.82. The van der Waals surface area contributed by atoms with Crippen LogP contribution in [0.2, 0.25) is 0 Å². The number of rotatable bonds is 4. The van der Waals surface area contributed by atoms with Crippen molar-refractivity contribution in [2.45, 2.75) is 83.1 Å². The normalized spacial score (nSPS) is 7.83. The largest absolute Gasteiger partial charge is 1.00 e. The molecular weight excluding hydrogens is 1090 g/mol. The van der Waals surface area contributed by atoms with Crippen molar-refractivity contribution in [3.05, 3.63) is 247 Å². The smallest absolute Gasteiger partial charge is 0.870 e. The van der Waals surface area contributed by atoms with Crippen LogP contribution in [0.1, 0.15) is 83.1 Å². The van der Waals surface area contributed by atoms with E-state index in [1.807, 2.05) is 128 Å². The summed E-state index contributed by atoms with van der Waals surface area (Å²) in [6, 6.07) is 81.0. The molecule has 0 saturated heterocycles. The number of halogens is 1. The molecule has 8 aromatic rings. The third kappa shape index (κ3) is 60.3. The molecule has 442 valence electrons. The van der Waals surface area contributed by atoms with E-state index < -0.39 is 13.1 Å². The third-order valence-corrected chi connectivity index (χ3v) is 8.86. The van der Waals surface area contributed by atoms with Crippen molar-refractivity contribution in [2.75, 3.05) is 21.3 Å². The van der Waals surface area contributed by atoms with Crippen LogP contribution in [0.3, 0.4) is 0 Å². The zero-order valence-corrected chi connectivity index (χ0v) is 52.8. The number of hydrogen-bond acceptors (Lipinski definition) is 10. The predicted octanol–water partition coefficient (Wildman–Crippen LogP) is 12.6. The quantitative estimate of drug-likeness (QED) is 0.0855. The molecule has 0 aliphatic heterocycles. The summed E-state index contributed by atoms with van der Waals surface area (Å²) >= 11 is 3.31. The SMILES string of the molecule is Brc1ccccc1.CC.CC.CC.CC.CC(=O)O.COC(C)=O.COC(C)=O.COC(C)=O.O.OB(O)c1ccccc1.[Li+].[OH-].c1ccc(-c2ccccc2)cc1.c1ccc(-c2ccccc2)cc1.c1ccc(-c2ccccc2)cc1. The summed E-state index contributed by atoms with van der Waals surface area (Å²) in [5.41, 5.74) is 8.18. The summed E-state index contributed by atoms with van der Waals surface area (Å²) < 4.78 is 13.5. The molecule has 0 atom stereocenters. The molecule has 0 radical (unpaired) electrons. The Morgan fingerprint density at radius 1 is 0.341 bits per heavy atom. The van der Waals surface area contributed by atoms with Crippen molar-refractivity contribution in [3.8, 4) is 33.4 Å². The number of carboxylic acids is 1. The molecule has 0 spiro atoms. The topological polar surface area (TPSA) is 218 Å². The van der Waals surface area contributed by atoms with Crippen LogP contribution in [0.4, 0.5) is 0 Å². The maximum absolute atomic E-state index is 9.59. The summed E-state index contributed by atoms with van der Waals surface area (Å²) in [5, 5.41) is 24.6. The molecule has 0 amide bonds. The Kier molecular flexibility index (Phi) is 77.5. The maximum atomic E-state index is 9.59. The van der Waals surface area contributed by atoms with Gasteiger partial charge in [-0.25, -0.2) is 0 Å². The molecule has 15 heteroatoms. The van der Waals surface area contributed by atoms with Gasteiger partial charge in [0.15, 0.2) is 0 Å². The van der Waals surface area contributed by atoms with E-state index in [9.17, 15) is 14.4 Å². The van der Waals surface area contributed by atoms with Crippen LogP contribution < -0.4 is 24.3 Å². The summed E-state index contributed by atoms with van der Waals surface area (Å²) in [5.74, 6) is -1.57. The van der Waals surface area contributed by atoms with Crippen molar-refractivity contribution >= 4 is 52.4 Å². The fourth-order valence-corrected chi connectivity index (χ4v) is 5.13. The monoisotopic (exact) mass is 1180 g/mol. The second-order valence-corrected chi connectivity index (χ2v) is 14.8. The van der Waals surface area contributed by atoms with Crippen molar-refractivity contribution < 1.29 is 78.4 Å². The molecule has 12 nitrogen and oxygen atoms in total. The molecule has 8 aromatic carbocycles. The molecule has 0 saturated carbocycles. The Hall–Kier alpha value is -7.38. The van der Waals surface area contributed by atoms with Gasteiger partial charge in [-0.2, -0.15) is 0 Å². The van der Waals surface area contributed by atoms with Crippen molar-refractivity contribution in [3.63, 3.8) is 0 Å². The van der Waals surface area contributed by atoms with Crippen molar-refractivity contribution in [1.82, 2.24) is 0 Å². The number of carbonyl (C=O) groups excluding carboxylic acids is 3. The van der Waals surface area contributed by atoms with Gasteiger partial charge in [-0.15, -0.1) is 0 Å². The molecule has 0 aliphatic carbocycles. The van der Waals surface area contributed by atoms with Crippen LogP contribution in [0.25, 0.3) is 33.4 Å². The van der Waals surface area contributed by atoms with Crippen LogP contribution in [-0.2, 0) is 33.4 Å². The van der Waals surface area contributed by atoms with Crippen LogP contribution in [0.5, 0.6) is 0 Å². The molecule has 0 aromatic heterocycles. The number of hydrogen-bond donors (Lipinski definition) is 3. The van der Waals surface area contributed by atoms with Gasteiger partial charge < -0.3 is 40.3 Å². The van der Waals surface area contributed by atoms with Crippen LogP contribution in [-0.4, -0.2) is 78.4 Å². The van der Waals surface area contributed by atoms with Gasteiger partial charge in [-0.3, -0.25) is 19.2 Å². The van der Waals surface area contributed by atoms with Gasteiger partial charge in [0.05, 0.1) is 21.3 Å². The molecule has 0 fully saturated rings. The predicted molar refractivity (Wildman–Crippen MR) is 343 cm³/mol. The third-order valence-electron chi connectivity index (χ3n) is 8.34. The van der Waals surface area contributed by atoms with Gasteiger partial charge in [0.1, 0.15) is 0 Å². The Morgan fingerprint density at radius 3 is 0.549 bits per heavy atom. The van der Waals surface area contributed by atoms with Crippen molar-refractivity contribution in [1.29, 1.82) is 0 Å². The van der Waals surface area contributed by atoms with E-state index in [4.69, 9.17) is 19.9 Å². The molecule has 8 rings (SSSR count). The van der Waals surface area contributed by atoms with E-state index in [-0.39, 0.29) is 47.7 Å². The Balaban J connectivity index is -0.000000126. The number of aliphatic carboxylic acids is 1. The Labute approximate surface area is 512 Å². The first-order valence-electron chi connectivity index (χ1n) is 25.9. The zero-order valence-electron chi connectivity index (χ0n) is 51.2. The van der Waals surface area contributed by atoms with Crippen molar-refractivity contribution in [2.24, 2.45) is 0 Å². The minimum Gasteiger partial charge on any atom is -0.870 e. The average molecular weight is 1190 g/mol. The van der Waals surface area contributed by atoms with E-state index in [2.05, 4.69) is 176 Å². The number of carboxylic acid groups (broad SMARTS) is 1. The standard InChI is InChI=1S/3C12H10.C6H7BO2.C6H5Br.3C3H6O2.C2H4O2.4C2H6.Li.2H2O/c3*1-3-7-11(8-4-1)12-9-5-2-6-10-12;8-7(9)6-4-2-1-3-5-6;7-6-4-2-1-3-5-6;3*1-3(4)5-2;1-2(3)4;4*1-2;;;/h3*1-10H;1-5,8-9H;1-5H;3*1-2H3;1H3,(H,3,4);4*1-2H3;;2*1H2/q;;;;;;;;;;;;;+1;;/p-1.